The predicted octanol–water partition coefficient (Wildman–Crippen LogP) is 3.36. The number of nitrogens with one attached hydrogen (secondary N) is 1. The molecule has 1 rings (SSSR count). The molecule has 0 unspecified atom stereocenters. The molecule has 0 fully saturated rings. The molecule has 0 atom stereocenters. The summed E-state index contributed by atoms with van der Waals surface area (Å²) in [7, 11) is 0. The van der Waals surface area contributed by atoms with Crippen LogP contribution in [0.5, 0.6) is 0 Å². The van der Waals surface area contributed by atoms with E-state index in [1.54, 1.807) is 6.08 Å². The van der Waals surface area contributed by atoms with Crippen molar-refractivity contribution in [2.24, 2.45) is 0 Å². The van der Waals surface area contributed by atoms with E-state index in [9.17, 15) is 4.79 Å². The van der Waals surface area contributed by atoms with Crippen LogP contribution in [0.4, 0.5) is 5.69 Å². The molecule has 0 spiro atoms. The highest BCUT2D eigenvalue weighted by Crippen LogP contribution is 2.16. The van der Waals surface area contributed by atoms with Crippen LogP contribution in [-0.2, 0) is 4.79 Å². The van der Waals surface area contributed by atoms with Gasteiger partial charge < -0.3 is 10.2 Å². The van der Waals surface area contributed by atoms with E-state index >= 15 is 0 Å². The first-order chi connectivity index (χ1) is 10.7. The molecule has 0 radical (unpaired) electrons. The van der Waals surface area contributed by atoms with Gasteiger partial charge in [0.2, 0.25) is 0 Å². The molecular weight excluding hydrogens is 274 g/mol. The first kappa shape index (κ1) is 17.8. The van der Waals surface area contributed by atoms with Crippen molar-refractivity contribution in [2.75, 3.05) is 24.5 Å². The average molecular weight is 299 g/mol. The molecule has 0 aliphatic carbocycles. The predicted molar refractivity (Wildman–Crippen MR) is 91.5 cm³/mol. The maximum atomic E-state index is 11.9. The Hall–Kier alpha value is -2.28. The van der Waals surface area contributed by atoms with Crippen LogP contribution in [0.25, 0.3) is 6.08 Å². The monoisotopic (exact) mass is 299 g/mol. The first-order valence-electron chi connectivity index (χ1n) is 7.91. The summed E-state index contributed by atoms with van der Waals surface area (Å²) in [6.07, 6.45) is 3.56. The van der Waals surface area contributed by atoms with Crippen LogP contribution in [-0.4, -0.2) is 25.5 Å². The minimum absolute atomic E-state index is 0.145. The van der Waals surface area contributed by atoms with Crippen LogP contribution in [0.3, 0.4) is 0 Å². The molecule has 0 aromatic heterocycles. The Balaban J connectivity index is 2.81. The van der Waals surface area contributed by atoms with E-state index in [1.807, 2.05) is 30.3 Å². The van der Waals surface area contributed by atoms with Crippen LogP contribution in [0.2, 0.25) is 0 Å². The van der Waals surface area contributed by atoms with Gasteiger partial charge in [-0.2, -0.15) is 5.26 Å². The van der Waals surface area contributed by atoms with Crippen molar-refractivity contribution in [3.05, 3.63) is 35.4 Å². The van der Waals surface area contributed by atoms with Crippen molar-refractivity contribution >= 4 is 17.7 Å². The molecule has 118 valence electrons. The molecule has 4 nitrogen and oxygen atoms in total. The van der Waals surface area contributed by atoms with Gasteiger partial charge in [0.05, 0.1) is 0 Å². The van der Waals surface area contributed by atoms with Crippen LogP contribution in [0, 0.1) is 11.3 Å². The zero-order chi connectivity index (χ0) is 16.4. The minimum atomic E-state index is -0.302. The average Bonchev–Trinajstić information content (AvgIpc) is 2.55. The molecular formula is C18H25N3O. The molecule has 0 saturated carbocycles. The van der Waals surface area contributed by atoms with Gasteiger partial charge in [-0.25, -0.2) is 0 Å². The molecule has 0 aliphatic rings. The number of hydrogen-bond donors (Lipinski definition) is 1. The summed E-state index contributed by atoms with van der Waals surface area (Å²) in [5.41, 5.74) is 2.15. The lowest BCUT2D eigenvalue weighted by Gasteiger charge is -2.20. The second kappa shape index (κ2) is 9.62. The Kier molecular flexibility index (Phi) is 7.77. The fourth-order valence-corrected chi connectivity index (χ4v) is 2.16. The molecule has 0 bridgehead atoms. The largest absolute Gasteiger partial charge is 0.372 e. The Morgan fingerprint density at radius 3 is 2.36 bits per heavy atom. The molecule has 22 heavy (non-hydrogen) atoms. The maximum absolute atomic E-state index is 11.9. The SMILES string of the molecule is CCCCNC(=O)/C(C#N)=C/c1ccc(N(CC)CC)cc1. The molecule has 1 aromatic rings. The summed E-state index contributed by atoms with van der Waals surface area (Å²) in [5.74, 6) is -0.302. The van der Waals surface area contributed by atoms with Gasteiger partial charge in [-0.1, -0.05) is 25.5 Å². The van der Waals surface area contributed by atoms with E-state index in [0.29, 0.717) is 6.54 Å². The van der Waals surface area contributed by atoms with Gasteiger partial charge >= 0.3 is 0 Å². The molecule has 0 aliphatic heterocycles. The van der Waals surface area contributed by atoms with Crippen molar-refractivity contribution in [1.29, 1.82) is 5.26 Å². The number of nitrogens with zero attached hydrogens (tertiary/aromatic N) is 2. The summed E-state index contributed by atoms with van der Waals surface area (Å²) in [4.78, 5) is 14.2. The third-order valence-electron chi connectivity index (χ3n) is 3.51. The number of benzene rings is 1. The van der Waals surface area contributed by atoms with Gasteiger partial charge in [0.1, 0.15) is 11.6 Å². The molecule has 0 heterocycles. The number of nitriles is 1. The van der Waals surface area contributed by atoms with Crippen molar-refractivity contribution in [3.63, 3.8) is 0 Å². The van der Waals surface area contributed by atoms with Crippen LogP contribution in [0.1, 0.15) is 39.2 Å². The summed E-state index contributed by atoms with van der Waals surface area (Å²) >= 11 is 0. The van der Waals surface area contributed by atoms with Crippen molar-refractivity contribution < 1.29 is 4.79 Å². The number of carbonyl (C=O) groups excluding carboxylic acids is 1. The summed E-state index contributed by atoms with van der Waals surface area (Å²) in [6.45, 7) is 8.81. The van der Waals surface area contributed by atoms with Crippen LogP contribution >= 0.6 is 0 Å². The highest BCUT2D eigenvalue weighted by molar-refractivity contribution is 6.01. The van der Waals surface area contributed by atoms with E-state index < -0.39 is 0 Å². The van der Waals surface area contributed by atoms with Crippen molar-refractivity contribution in [3.8, 4) is 6.07 Å². The molecule has 0 saturated heterocycles. The fourth-order valence-electron chi connectivity index (χ4n) is 2.16. The van der Waals surface area contributed by atoms with Gasteiger partial charge in [-0.05, 0) is 44.0 Å². The van der Waals surface area contributed by atoms with E-state index in [0.717, 1.165) is 37.2 Å². The van der Waals surface area contributed by atoms with E-state index in [-0.39, 0.29) is 11.5 Å². The zero-order valence-corrected chi connectivity index (χ0v) is 13.7. The summed E-state index contributed by atoms with van der Waals surface area (Å²) in [6, 6.07) is 9.88. The highest BCUT2D eigenvalue weighted by atomic mass is 16.1. The number of anilines is 1. The Bertz CT molecular complexity index is 536. The van der Waals surface area contributed by atoms with Crippen LogP contribution < -0.4 is 10.2 Å². The smallest absolute Gasteiger partial charge is 0.261 e. The van der Waals surface area contributed by atoms with Gasteiger partial charge in [-0.3, -0.25) is 4.79 Å². The third kappa shape index (κ3) is 5.25. The number of hydrogen-bond acceptors (Lipinski definition) is 3. The molecule has 4 heteroatoms. The first-order valence-corrected chi connectivity index (χ1v) is 7.91. The van der Waals surface area contributed by atoms with E-state index in [4.69, 9.17) is 5.26 Å². The van der Waals surface area contributed by atoms with Crippen molar-refractivity contribution in [2.45, 2.75) is 33.6 Å². The van der Waals surface area contributed by atoms with Crippen molar-refractivity contribution in [1.82, 2.24) is 5.32 Å². The lowest BCUT2D eigenvalue weighted by molar-refractivity contribution is -0.117. The van der Waals surface area contributed by atoms with E-state index in [1.165, 1.54) is 0 Å². The molecule has 1 amide bonds. The minimum Gasteiger partial charge on any atom is -0.372 e. The second-order valence-electron chi connectivity index (χ2n) is 5.04. The molecule has 1 N–H and O–H groups in total. The zero-order valence-electron chi connectivity index (χ0n) is 13.7. The van der Waals surface area contributed by atoms with Gasteiger partial charge in [0, 0.05) is 25.3 Å². The Labute approximate surface area is 133 Å². The normalized spacial score (nSPS) is 10.9. The lowest BCUT2D eigenvalue weighted by atomic mass is 10.1. The number of unbranched alkanes of at least 4 members (excludes halogenated alkanes) is 1. The standard InChI is InChI=1S/C18H25N3O/c1-4-7-12-20-18(22)16(14-19)13-15-8-10-17(11-9-15)21(5-2)6-3/h8-11,13H,4-7,12H2,1-3H3,(H,20,22)/b16-13+. The fraction of sp³-hybridized carbons (Fsp3) is 0.444. The number of rotatable bonds is 8. The quantitative estimate of drug-likeness (QED) is 0.455. The Morgan fingerprint density at radius 2 is 1.86 bits per heavy atom. The lowest BCUT2D eigenvalue weighted by Crippen LogP contribution is -2.25. The van der Waals surface area contributed by atoms with Gasteiger partial charge in [-0.15, -0.1) is 0 Å². The highest BCUT2D eigenvalue weighted by Gasteiger charge is 2.08. The summed E-state index contributed by atoms with van der Waals surface area (Å²) in [5, 5.41) is 11.9. The maximum Gasteiger partial charge on any atom is 0.261 e. The summed E-state index contributed by atoms with van der Waals surface area (Å²) < 4.78 is 0. The topological polar surface area (TPSA) is 56.1 Å². The van der Waals surface area contributed by atoms with Gasteiger partial charge in [0.25, 0.3) is 5.91 Å². The van der Waals surface area contributed by atoms with Gasteiger partial charge in [0.15, 0.2) is 0 Å². The van der Waals surface area contributed by atoms with E-state index in [2.05, 4.69) is 31.0 Å². The number of carbonyl (C=O) groups is 1. The van der Waals surface area contributed by atoms with Crippen LogP contribution in [0.15, 0.2) is 29.8 Å². The third-order valence-corrected chi connectivity index (χ3v) is 3.51. The molecule has 1 aromatic carbocycles. The second-order valence-corrected chi connectivity index (χ2v) is 5.04. The number of amides is 1. The Morgan fingerprint density at radius 1 is 1.23 bits per heavy atom.